The van der Waals surface area contributed by atoms with Crippen molar-refractivity contribution < 1.29 is 13.9 Å². The molecule has 1 aromatic carbocycles. The summed E-state index contributed by atoms with van der Waals surface area (Å²) >= 11 is 0. The van der Waals surface area contributed by atoms with Crippen molar-refractivity contribution in [1.82, 2.24) is 5.43 Å². The number of benzene rings is 1. The van der Waals surface area contributed by atoms with E-state index in [-0.39, 0.29) is 5.82 Å². The number of halogens is 1. The second-order valence-corrected chi connectivity index (χ2v) is 3.93. The van der Waals surface area contributed by atoms with E-state index in [1.165, 1.54) is 6.07 Å². The maximum absolute atomic E-state index is 13.6. The molecule has 5 heteroatoms. The van der Waals surface area contributed by atoms with Crippen molar-refractivity contribution in [3.05, 3.63) is 35.1 Å². The van der Waals surface area contributed by atoms with Gasteiger partial charge >= 0.3 is 0 Å². The summed E-state index contributed by atoms with van der Waals surface area (Å²) in [5.74, 6) is 5.26. The lowest BCUT2D eigenvalue weighted by Gasteiger charge is -2.26. The number of ether oxygens (including phenoxy) is 2. The lowest BCUT2D eigenvalue weighted by atomic mass is 10.0. The van der Waals surface area contributed by atoms with Crippen molar-refractivity contribution in [3.63, 3.8) is 0 Å². The van der Waals surface area contributed by atoms with E-state index in [1.54, 1.807) is 13.0 Å². The fourth-order valence-electron chi connectivity index (χ4n) is 1.70. The van der Waals surface area contributed by atoms with Crippen LogP contribution >= 0.6 is 0 Å². The zero-order chi connectivity index (χ0) is 13.5. The summed E-state index contributed by atoms with van der Waals surface area (Å²) in [7, 11) is 0. The number of hydrazine groups is 1. The van der Waals surface area contributed by atoms with Gasteiger partial charge in [-0.2, -0.15) is 0 Å². The quantitative estimate of drug-likeness (QED) is 0.445. The Kier molecular flexibility index (Phi) is 6.21. The van der Waals surface area contributed by atoms with Crippen LogP contribution in [-0.2, 0) is 9.47 Å². The van der Waals surface area contributed by atoms with Crippen molar-refractivity contribution in [2.24, 2.45) is 5.84 Å². The number of rotatable bonds is 7. The van der Waals surface area contributed by atoms with Gasteiger partial charge in [-0.3, -0.25) is 5.84 Å². The third-order valence-corrected chi connectivity index (χ3v) is 2.67. The van der Waals surface area contributed by atoms with E-state index >= 15 is 0 Å². The molecule has 0 saturated heterocycles. The van der Waals surface area contributed by atoms with Gasteiger partial charge in [0.2, 0.25) is 0 Å². The predicted molar refractivity (Wildman–Crippen MR) is 68.2 cm³/mol. The van der Waals surface area contributed by atoms with Crippen LogP contribution in [0.25, 0.3) is 0 Å². The number of hydrogen-bond donors (Lipinski definition) is 2. The average molecular weight is 256 g/mol. The lowest BCUT2D eigenvalue weighted by Crippen LogP contribution is -2.39. The van der Waals surface area contributed by atoms with E-state index < -0.39 is 12.3 Å². The van der Waals surface area contributed by atoms with Crippen molar-refractivity contribution >= 4 is 0 Å². The Morgan fingerprint density at radius 3 is 2.33 bits per heavy atom. The number of hydrogen-bond acceptors (Lipinski definition) is 4. The van der Waals surface area contributed by atoms with Gasteiger partial charge in [-0.25, -0.2) is 9.82 Å². The van der Waals surface area contributed by atoms with Crippen LogP contribution in [0.4, 0.5) is 4.39 Å². The van der Waals surface area contributed by atoms with Gasteiger partial charge in [-0.15, -0.1) is 0 Å². The minimum absolute atomic E-state index is 0.264. The highest BCUT2D eigenvalue weighted by molar-refractivity contribution is 5.26. The SMILES string of the molecule is CCOC(OCC)C(NN)c1ccc(C)c(F)c1. The predicted octanol–water partition coefficient (Wildman–Crippen LogP) is 2.04. The van der Waals surface area contributed by atoms with E-state index in [0.29, 0.717) is 24.3 Å². The second kappa shape index (κ2) is 7.43. The summed E-state index contributed by atoms with van der Waals surface area (Å²) in [6.45, 7) is 6.45. The van der Waals surface area contributed by atoms with Crippen LogP contribution in [0.1, 0.15) is 31.0 Å². The second-order valence-electron chi connectivity index (χ2n) is 3.93. The highest BCUT2D eigenvalue weighted by Crippen LogP contribution is 2.21. The number of aryl methyl sites for hydroxylation is 1. The molecule has 1 atom stereocenters. The monoisotopic (exact) mass is 256 g/mol. The Labute approximate surface area is 107 Å². The Bertz CT molecular complexity index is 368. The van der Waals surface area contributed by atoms with Crippen LogP contribution < -0.4 is 11.3 Å². The Balaban J connectivity index is 2.94. The Morgan fingerprint density at radius 2 is 1.89 bits per heavy atom. The van der Waals surface area contributed by atoms with Crippen LogP contribution in [0.3, 0.4) is 0 Å². The highest BCUT2D eigenvalue weighted by Gasteiger charge is 2.23. The minimum atomic E-state index is -0.535. The number of nitrogens with one attached hydrogen (secondary N) is 1. The van der Waals surface area contributed by atoms with Gasteiger partial charge in [0.1, 0.15) is 5.82 Å². The summed E-state index contributed by atoms with van der Waals surface area (Å²) in [4.78, 5) is 0. The normalized spacial score (nSPS) is 13.0. The standard InChI is InChI=1S/C13H21FN2O2/c1-4-17-13(18-5-2)12(16-15)10-7-6-9(3)11(14)8-10/h6-8,12-13,16H,4-5,15H2,1-3H3. The molecular weight excluding hydrogens is 235 g/mol. The maximum atomic E-state index is 13.6. The van der Waals surface area contributed by atoms with Crippen LogP contribution in [-0.4, -0.2) is 19.5 Å². The van der Waals surface area contributed by atoms with Gasteiger partial charge < -0.3 is 9.47 Å². The molecule has 1 aromatic rings. The fourth-order valence-corrected chi connectivity index (χ4v) is 1.70. The first-order valence-electron chi connectivity index (χ1n) is 6.09. The zero-order valence-electron chi connectivity index (χ0n) is 11.1. The summed E-state index contributed by atoms with van der Waals surface area (Å²) in [6, 6.07) is 4.57. The largest absolute Gasteiger partial charge is 0.351 e. The van der Waals surface area contributed by atoms with E-state index in [2.05, 4.69) is 5.43 Å². The van der Waals surface area contributed by atoms with Gasteiger partial charge in [0.15, 0.2) is 6.29 Å². The zero-order valence-corrected chi connectivity index (χ0v) is 11.1. The molecule has 102 valence electrons. The molecule has 0 aliphatic rings. The van der Waals surface area contributed by atoms with Crippen molar-refractivity contribution in [3.8, 4) is 0 Å². The molecule has 1 unspecified atom stereocenters. The van der Waals surface area contributed by atoms with E-state index in [9.17, 15) is 4.39 Å². The summed E-state index contributed by atoms with van der Waals surface area (Å²) < 4.78 is 24.5. The highest BCUT2D eigenvalue weighted by atomic mass is 19.1. The summed E-state index contributed by atoms with van der Waals surface area (Å²) in [6.07, 6.45) is -0.535. The van der Waals surface area contributed by atoms with Gasteiger partial charge in [0.25, 0.3) is 0 Å². The molecule has 18 heavy (non-hydrogen) atoms. The van der Waals surface area contributed by atoms with Gasteiger partial charge in [0, 0.05) is 13.2 Å². The van der Waals surface area contributed by atoms with E-state index in [0.717, 1.165) is 0 Å². The van der Waals surface area contributed by atoms with Crippen molar-refractivity contribution in [1.29, 1.82) is 0 Å². The van der Waals surface area contributed by atoms with E-state index in [4.69, 9.17) is 15.3 Å². The molecule has 0 saturated carbocycles. The molecule has 0 bridgehead atoms. The molecule has 3 N–H and O–H groups in total. The van der Waals surface area contributed by atoms with Gasteiger partial charge in [-0.05, 0) is 38.0 Å². The van der Waals surface area contributed by atoms with Crippen LogP contribution in [0, 0.1) is 12.7 Å². The van der Waals surface area contributed by atoms with Crippen molar-refractivity contribution in [2.75, 3.05) is 13.2 Å². The molecular formula is C13H21FN2O2. The van der Waals surface area contributed by atoms with Crippen LogP contribution in [0.15, 0.2) is 18.2 Å². The van der Waals surface area contributed by atoms with Gasteiger partial charge in [0.05, 0.1) is 6.04 Å². The molecule has 0 aromatic heterocycles. The molecule has 4 nitrogen and oxygen atoms in total. The third-order valence-electron chi connectivity index (χ3n) is 2.67. The maximum Gasteiger partial charge on any atom is 0.178 e. The minimum Gasteiger partial charge on any atom is -0.351 e. The molecule has 0 amide bonds. The van der Waals surface area contributed by atoms with Crippen LogP contribution in [0.5, 0.6) is 0 Å². The first kappa shape index (κ1) is 15.0. The molecule has 0 radical (unpaired) electrons. The molecule has 0 aliphatic heterocycles. The number of nitrogens with two attached hydrogens (primary N) is 1. The van der Waals surface area contributed by atoms with E-state index in [1.807, 2.05) is 19.9 Å². The average Bonchev–Trinajstić information content (AvgIpc) is 2.35. The molecule has 0 spiro atoms. The van der Waals surface area contributed by atoms with Crippen LogP contribution in [0.2, 0.25) is 0 Å². The smallest absolute Gasteiger partial charge is 0.178 e. The lowest BCUT2D eigenvalue weighted by molar-refractivity contribution is -0.155. The Hall–Kier alpha value is -1.01. The molecule has 1 rings (SSSR count). The topological polar surface area (TPSA) is 56.5 Å². The van der Waals surface area contributed by atoms with Crippen molar-refractivity contribution in [2.45, 2.75) is 33.1 Å². The fraction of sp³-hybridized carbons (Fsp3) is 0.538. The Morgan fingerprint density at radius 1 is 1.28 bits per heavy atom. The first-order valence-corrected chi connectivity index (χ1v) is 6.09. The molecule has 0 aliphatic carbocycles. The summed E-state index contributed by atoms with van der Waals surface area (Å²) in [5, 5.41) is 0. The summed E-state index contributed by atoms with van der Waals surface area (Å²) in [5.41, 5.74) is 3.92. The first-order chi connectivity index (χ1) is 8.63. The third kappa shape index (κ3) is 3.74. The van der Waals surface area contributed by atoms with Gasteiger partial charge in [-0.1, -0.05) is 12.1 Å². The molecule has 0 heterocycles. The molecule has 0 fully saturated rings.